The first-order valence-electron chi connectivity index (χ1n) is 6.90. The molecule has 6 heteroatoms. The Hall–Kier alpha value is -0.950. The molecule has 0 heterocycles. The lowest BCUT2D eigenvalue weighted by Crippen LogP contribution is -2.25. The standard InChI is InChI=1S/C14H22N2O3S/c1-10(16-9-11-5-6-13(17)7-11)12-3-2-4-14(8-12)20(15,18)19/h2-4,8,10-11,13,16-17H,5-7,9H2,1H3,(H2,15,18,19). The SMILES string of the molecule is CC(NCC1CCC(O)C1)c1cccc(S(N)(=O)=O)c1. The lowest BCUT2D eigenvalue weighted by Gasteiger charge is -2.18. The van der Waals surface area contributed by atoms with E-state index in [0.29, 0.717) is 5.92 Å². The molecule has 2 rings (SSSR count). The van der Waals surface area contributed by atoms with Crippen molar-refractivity contribution in [2.45, 2.75) is 43.2 Å². The molecule has 0 bridgehead atoms. The second kappa shape index (κ2) is 6.22. The maximum Gasteiger partial charge on any atom is 0.238 e. The molecule has 20 heavy (non-hydrogen) atoms. The van der Waals surface area contributed by atoms with E-state index < -0.39 is 10.0 Å². The first-order valence-corrected chi connectivity index (χ1v) is 8.45. The van der Waals surface area contributed by atoms with Crippen LogP contribution in [0.15, 0.2) is 29.2 Å². The van der Waals surface area contributed by atoms with Crippen molar-refractivity contribution in [3.63, 3.8) is 0 Å². The Morgan fingerprint density at radius 1 is 1.45 bits per heavy atom. The van der Waals surface area contributed by atoms with Gasteiger partial charge in [-0.3, -0.25) is 0 Å². The molecule has 1 aromatic rings. The molecular weight excluding hydrogens is 276 g/mol. The zero-order valence-electron chi connectivity index (χ0n) is 11.6. The maximum absolute atomic E-state index is 11.3. The van der Waals surface area contributed by atoms with Crippen molar-refractivity contribution in [2.24, 2.45) is 11.1 Å². The van der Waals surface area contributed by atoms with Crippen LogP contribution in [0, 0.1) is 5.92 Å². The summed E-state index contributed by atoms with van der Waals surface area (Å²) in [6, 6.07) is 6.74. The average molecular weight is 298 g/mol. The minimum Gasteiger partial charge on any atom is -0.393 e. The van der Waals surface area contributed by atoms with E-state index in [-0.39, 0.29) is 17.0 Å². The molecule has 0 aliphatic heterocycles. The number of nitrogens with two attached hydrogens (primary N) is 1. The van der Waals surface area contributed by atoms with E-state index in [0.717, 1.165) is 31.4 Å². The van der Waals surface area contributed by atoms with Crippen LogP contribution in [-0.4, -0.2) is 26.2 Å². The van der Waals surface area contributed by atoms with Gasteiger partial charge in [-0.15, -0.1) is 0 Å². The zero-order chi connectivity index (χ0) is 14.8. The topological polar surface area (TPSA) is 92.4 Å². The molecule has 0 aromatic heterocycles. The Morgan fingerprint density at radius 3 is 2.80 bits per heavy atom. The molecule has 1 aromatic carbocycles. The van der Waals surface area contributed by atoms with Gasteiger partial charge in [-0.25, -0.2) is 13.6 Å². The van der Waals surface area contributed by atoms with Gasteiger partial charge in [0, 0.05) is 6.04 Å². The molecule has 1 aliphatic carbocycles. The highest BCUT2D eigenvalue weighted by molar-refractivity contribution is 7.89. The van der Waals surface area contributed by atoms with E-state index in [1.807, 2.05) is 13.0 Å². The van der Waals surface area contributed by atoms with Crippen LogP contribution in [0.25, 0.3) is 0 Å². The van der Waals surface area contributed by atoms with Crippen LogP contribution in [0.1, 0.15) is 37.8 Å². The van der Waals surface area contributed by atoms with Crippen LogP contribution in [-0.2, 0) is 10.0 Å². The number of sulfonamides is 1. The Morgan fingerprint density at radius 2 is 2.20 bits per heavy atom. The van der Waals surface area contributed by atoms with Gasteiger partial charge in [0.2, 0.25) is 10.0 Å². The predicted molar refractivity (Wildman–Crippen MR) is 77.6 cm³/mol. The summed E-state index contributed by atoms with van der Waals surface area (Å²) in [6.07, 6.45) is 2.60. The van der Waals surface area contributed by atoms with Crippen LogP contribution in [0.2, 0.25) is 0 Å². The third-order valence-electron chi connectivity index (χ3n) is 3.91. The van der Waals surface area contributed by atoms with Crippen LogP contribution in [0.5, 0.6) is 0 Å². The number of rotatable bonds is 5. The van der Waals surface area contributed by atoms with Crippen LogP contribution in [0.4, 0.5) is 0 Å². The van der Waals surface area contributed by atoms with Gasteiger partial charge < -0.3 is 10.4 Å². The maximum atomic E-state index is 11.3. The van der Waals surface area contributed by atoms with E-state index in [4.69, 9.17) is 5.14 Å². The van der Waals surface area contributed by atoms with Crippen LogP contribution < -0.4 is 10.5 Å². The van der Waals surface area contributed by atoms with Gasteiger partial charge in [0.25, 0.3) is 0 Å². The fourth-order valence-electron chi connectivity index (χ4n) is 2.66. The molecule has 112 valence electrons. The molecule has 1 aliphatic rings. The molecular formula is C14H22N2O3S. The Kier molecular flexibility index (Phi) is 4.80. The highest BCUT2D eigenvalue weighted by atomic mass is 32.2. The smallest absolute Gasteiger partial charge is 0.238 e. The van der Waals surface area contributed by atoms with E-state index in [9.17, 15) is 13.5 Å². The highest BCUT2D eigenvalue weighted by Crippen LogP contribution is 2.25. The summed E-state index contributed by atoms with van der Waals surface area (Å²) >= 11 is 0. The largest absolute Gasteiger partial charge is 0.393 e. The van der Waals surface area contributed by atoms with Crippen molar-refractivity contribution in [1.29, 1.82) is 0 Å². The molecule has 3 atom stereocenters. The van der Waals surface area contributed by atoms with E-state index in [1.54, 1.807) is 12.1 Å². The second-order valence-electron chi connectivity index (χ2n) is 5.58. The normalized spacial score (nSPS) is 24.8. The van der Waals surface area contributed by atoms with Gasteiger partial charge in [0.05, 0.1) is 11.0 Å². The summed E-state index contributed by atoms with van der Waals surface area (Å²) < 4.78 is 22.7. The number of primary sulfonamides is 1. The predicted octanol–water partition coefficient (Wildman–Crippen LogP) is 1.15. The Labute approximate surface area is 120 Å². The Balaban J connectivity index is 1.97. The van der Waals surface area contributed by atoms with Crippen molar-refractivity contribution in [3.8, 4) is 0 Å². The number of nitrogens with one attached hydrogen (secondary N) is 1. The number of aliphatic hydroxyl groups is 1. The summed E-state index contributed by atoms with van der Waals surface area (Å²) in [7, 11) is -3.66. The average Bonchev–Trinajstić information content (AvgIpc) is 2.81. The number of aliphatic hydroxyl groups excluding tert-OH is 1. The summed E-state index contributed by atoms with van der Waals surface area (Å²) in [6.45, 7) is 2.82. The van der Waals surface area contributed by atoms with Gasteiger partial charge in [-0.05, 0) is 56.3 Å². The number of hydrogen-bond acceptors (Lipinski definition) is 4. The molecule has 4 N–H and O–H groups in total. The summed E-state index contributed by atoms with van der Waals surface area (Å²) in [5.74, 6) is 0.494. The van der Waals surface area contributed by atoms with Gasteiger partial charge in [-0.2, -0.15) is 0 Å². The van der Waals surface area contributed by atoms with E-state index in [2.05, 4.69) is 5.32 Å². The Bertz CT molecular complexity index is 559. The highest BCUT2D eigenvalue weighted by Gasteiger charge is 2.23. The molecule has 0 amide bonds. The van der Waals surface area contributed by atoms with E-state index >= 15 is 0 Å². The number of hydrogen-bond donors (Lipinski definition) is 3. The van der Waals surface area contributed by atoms with Crippen molar-refractivity contribution in [3.05, 3.63) is 29.8 Å². The lowest BCUT2D eigenvalue weighted by molar-refractivity contribution is 0.177. The monoisotopic (exact) mass is 298 g/mol. The lowest BCUT2D eigenvalue weighted by atomic mass is 10.1. The first-order chi connectivity index (χ1) is 9.36. The van der Waals surface area contributed by atoms with Crippen LogP contribution >= 0.6 is 0 Å². The summed E-state index contributed by atoms with van der Waals surface area (Å²) in [5, 5.41) is 18.0. The molecule has 0 spiro atoms. The van der Waals surface area contributed by atoms with Crippen molar-refractivity contribution < 1.29 is 13.5 Å². The fraction of sp³-hybridized carbons (Fsp3) is 0.571. The minimum absolute atomic E-state index is 0.0504. The van der Waals surface area contributed by atoms with Gasteiger partial charge in [0.15, 0.2) is 0 Å². The van der Waals surface area contributed by atoms with Crippen molar-refractivity contribution in [1.82, 2.24) is 5.32 Å². The van der Waals surface area contributed by atoms with Gasteiger partial charge >= 0.3 is 0 Å². The van der Waals surface area contributed by atoms with Crippen molar-refractivity contribution >= 4 is 10.0 Å². The van der Waals surface area contributed by atoms with Crippen LogP contribution in [0.3, 0.4) is 0 Å². The number of benzene rings is 1. The second-order valence-corrected chi connectivity index (χ2v) is 7.14. The van der Waals surface area contributed by atoms with Crippen molar-refractivity contribution in [2.75, 3.05) is 6.54 Å². The van der Waals surface area contributed by atoms with E-state index in [1.165, 1.54) is 6.07 Å². The molecule has 5 nitrogen and oxygen atoms in total. The molecule has 0 radical (unpaired) electrons. The molecule has 1 saturated carbocycles. The summed E-state index contributed by atoms with van der Waals surface area (Å²) in [4.78, 5) is 0.139. The fourth-order valence-corrected chi connectivity index (χ4v) is 3.22. The zero-order valence-corrected chi connectivity index (χ0v) is 12.4. The first kappa shape index (κ1) is 15.4. The quantitative estimate of drug-likeness (QED) is 0.760. The van der Waals surface area contributed by atoms with Gasteiger partial charge in [-0.1, -0.05) is 12.1 Å². The summed E-state index contributed by atoms with van der Waals surface area (Å²) in [5.41, 5.74) is 0.898. The van der Waals surface area contributed by atoms with Gasteiger partial charge in [0.1, 0.15) is 0 Å². The third-order valence-corrected chi connectivity index (χ3v) is 4.82. The molecule has 0 saturated heterocycles. The molecule has 1 fully saturated rings. The third kappa shape index (κ3) is 4.02. The molecule has 3 unspecified atom stereocenters. The minimum atomic E-state index is -3.66.